The lowest BCUT2D eigenvalue weighted by Crippen LogP contribution is -2.36. The first kappa shape index (κ1) is 13.1. The summed E-state index contributed by atoms with van der Waals surface area (Å²) in [7, 11) is 2.13. The van der Waals surface area contributed by atoms with Gasteiger partial charge in [0.25, 0.3) is 5.82 Å². The number of hydrogen-bond donors (Lipinski definition) is 0. The van der Waals surface area contributed by atoms with Crippen molar-refractivity contribution in [2.75, 3.05) is 0 Å². The van der Waals surface area contributed by atoms with E-state index in [0.717, 1.165) is 0 Å². The maximum Gasteiger partial charge on any atom is 0.286 e. The molecular formula is C20H19N2+. The van der Waals surface area contributed by atoms with Crippen LogP contribution in [-0.2, 0) is 7.05 Å². The summed E-state index contributed by atoms with van der Waals surface area (Å²) < 4.78 is 4.63. The fourth-order valence-electron chi connectivity index (χ4n) is 3.33. The quantitative estimate of drug-likeness (QED) is 0.463. The number of benzene rings is 2. The van der Waals surface area contributed by atoms with E-state index >= 15 is 0 Å². The van der Waals surface area contributed by atoms with Crippen LogP contribution in [-0.4, -0.2) is 4.57 Å². The Kier molecular flexibility index (Phi) is 2.80. The highest BCUT2D eigenvalue weighted by Crippen LogP contribution is 2.32. The van der Waals surface area contributed by atoms with Crippen LogP contribution >= 0.6 is 0 Å². The Balaban J connectivity index is 2.27. The summed E-state index contributed by atoms with van der Waals surface area (Å²) in [6.07, 6.45) is 0. The van der Waals surface area contributed by atoms with Crippen molar-refractivity contribution in [2.45, 2.75) is 13.8 Å². The molecule has 0 fully saturated rings. The van der Waals surface area contributed by atoms with E-state index in [0.29, 0.717) is 0 Å². The fourth-order valence-corrected chi connectivity index (χ4v) is 3.33. The normalized spacial score (nSPS) is 11.4. The predicted octanol–water partition coefficient (Wildman–Crippen LogP) is 4.23. The van der Waals surface area contributed by atoms with Gasteiger partial charge in [0.15, 0.2) is 0 Å². The molecule has 0 N–H and O–H groups in total. The maximum atomic E-state index is 2.38. The molecule has 2 heteroatoms. The van der Waals surface area contributed by atoms with Crippen LogP contribution in [0.2, 0.25) is 0 Å². The van der Waals surface area contributed by atoms with E-state index < -0.39 is 0 Å². The van der Waals surface area contributed by atoms with Crippen LogP contribution in [0, 0.1) is 13.8 Å². The molecule has 4 aromatic rings. The van der Waals surface area contributed by atoms with Gasteiger partial charge in [-0.2, -0.15) is 4.57 Å². The number of fused-ring (bicyclic) bond motifs is 3. The average Bonchev–Trinajstić information content (AvgIpc) is 2.86. The molecule has 0 saturated heterocycles. The molecule has 2 aromatic carbocycles. The molecule has 0 saturated carbocycles. The second-order valence-electron chi connectivity index (χ2n) is 5.91. The number of pyridine rings is 1. The van der Waals surface area contributed by atoms with Crippen molar-refractivity contribution in [1.82, 2.24) is 4.57 Å². The lowest BCUT2D eigenvalue weighted by Gasteiger charge is -2.07. The molecule has 2 heterocycles. The fraction of sp³-hybridized carbons (Fsp3) is 0.150. The molecule has 108 valence electrons. The van der Waals surface area contributed by atoms with Gasteiger partial charge in [0, 0.05) is 16.8 Å². The van der Waals surface area contributed by atoms with Crippen molar-refractivity contribution in [1.29, 1.82) is 0 Å². The molecule has 0 unspecified atom stereocenters. The summed E-state index contributed by atoms with van der Waals surface area (Å²) in [5.41, 5.74) is 5.10. The van der Waals surface area contributed by atoms with Gasteiger partial charge in [-0.15, -0.1) is 0 Å². The predicted molar refractivity (Wildman–Crippen MR) is 91.4 cm³/mol. The average molecular weight is 287 g/mol. The summed E-state index contributed by atoms with van der Waals surface area (Å²) in [6.45, 7) is 4.33. The topological polar surface area (TPSA) is 8.81 Å². The molecule has 0 spiro atoms. The molecule has 4 rings (SSSR count). The van der Waals surface area contributed by atoms with Crippen molar-refractivity contribution < 1.29 is 4.57 Å². The van der Waals surface area contributed by atoms with Crippen molar-refractivity contribution in [2.24, 2.45) is 7.05 Å². The lowest BCUT2D eigenvalue weighted by molar-refractivity contribution is -0.671. The van der Waals surface area contributed by atoms with Crippen LogP contribution in [0.4, 0.5) is 0 Å². The van der Waals surface area contributed by atoms with Gasteiger partial charge in [0.2, 0.25) is 0 Å². The van der Waals surface area contributed by atoms with Crippen molar-refractivity contribution in [3.05, 3.63) is 71.9 Å². The summed E-state index contributed by atoms with van der Waals surface area (Å²) in [5.74, 6) is 1.19. The zero-order chi connectivity index (χ0) is 15.3. The van der Waals surface area contributed by atoms with Gasteiger partial charge in [0.1, 0.15) is 16.7 Å². The number of hydrogen-bond acceptors (Lipinski definition) is 0. The van der Waals surface area contributed by atoms with Crippen LogP contribution in [0.1, 0.15) is 11.3 Å². The molecule has 0 amide bonds. The number of nitrogens with zero attached hydrogens (tertiary/aromatic N) is 2. The Morgan fingerprint density at radius 1 is 0.773 bits per heavy atom. The first-order valence-electron chi connectivity index (χ1n) is 7.63. The summed E-state index contributed by atoms with van der Waals surface area (Å²) >= 11 is 0. The van der Waals surface area contributed by atoms with Gasteiger partial charge in [-0.3, -0.25) is 0 Å². The van der Waals surface area contributed by atoms with Crippen LogP contribution in [0.5, 0.6) is 0 Å². The molecule has 2 nitrogen and oxygen atoms in total. The zero-order valence-corrected chi connectivity index (χ0v) is 13.2. The highest BCUT2D eigenvalue weighted by molar-refractivity contribution is 6.09. The minimum absolute atomic E-state index is 1.19. The minimum atomic E-state index is 1.19. The molecule has 0 aliphatic rings. The minimum Gasteiger partial charge on any atom is -0.234 e. The SMILES string of the molecule is Cc1cccc2c3ccccc3n(-c3cccc(C)[n+]3C)c12. The first-order chi connectivity index (χ1) is 10.7. The van der Waals surface area contributed by atoms with Crippen LogP contribution in [0.25, 0.3) is 27.6 Å². The van der Waals surface area contributed by atoms with Crippen LogP contribution in [0.15, 0.2) is 60.7 Å². The van der Waals surface area contributed by atoms with Crippen LogP contribution in [0.3, 0.4) is 0 Å². The number of para-hydroxylation sites is 2. The van der Waals surface area contributed by atoms with E-state index in [2.05, 4.69) is 90.7 Å². The molecule has 0 radical (unpaired) electrons. The van der Waals surface area contributed by atoms with E-state index in [4.69, 9.17) is 0 Å². The Morgan fingerprint density at radius 3 is 2.36 bits per heavy atom. The maximum absolute atomic E-state index is 2.38. The highest BCUT2D eigenvalue weighted by atomic mass is 15.1. The Bertz CT molecular complexity index is 1010. The van der Waals surface area contributed by atoms with E-state index in [1.165, 1.54) is 38.9 Å². The second kappa shape index (κ2) is 4.70. The van der Waals surface area contributed by atoms with Crippen LogP contribution < -0.4 is 4.57 Å². The van der Waals surface area contributed by atoms with E-state index in [1.54, 1.807) is 0 Å². The molecule has 0 aliphatic carbocycles. The van der Waals surface area contributed by atoms with Gasteiger partial charge in [-0.05, 0) is 43.7 Å². The zero-order valence-electron chi connectivity index (χ0n) is 13.2. The monoisotopic (exact) mass is 287 g/mol. The Labute approximate surface area is 130 Å². The van der Waals surface area contributed by atoms with Gasteiger partial charge >= 0.3 is 0 Å². The number of rotatable bonds is 1. The van der Waals surface area contributed by atoms with E-state index in [1.807, 2.05) is 0 Å². The largest absolute Gasteiger partial charge is 0.286 e. The number of aryl methyl sites for hydroxylation is 2. The summed E-state index contributed by atoms with van der Waals surface area (Å²) in [6, 6.07) is 21.7. The Morgan fingerprint density at radius 2 is 1.50 bits per heavy atom. The number of aromatic nitrogens is 2. The van der Waals surface area contributed by atoms with Gasteiger partial charge in [-0.25, -0.2) is 4.57 Å². The smallest absolute Gasteiger partial charge is 0.234 e. The molecule has 0 atom stereocenters. The molecule has 0 bridgehead atoms. The summed E-state index contributed by atoms with van der Waals surface area (Å²) in [5, 5.41) is 2.62. The third kappa shape index (κ3) is 1.70. The molecule has 2 aromatic heterocycles. The van der Waals surface area contributed by atoms with Crippen molar-refractivity contribution in [3.8, 4) is 5.82 Å². The second-order valence-corrected chi connectivity index (χ2v) is 5.91. The molecule has 22 heavy (non-hydrogen) atoms. The van der Waals surface area contributed by atoms with Gasteiger partial charge < -0.3 is 0 Å². The van der Waals surface area contributed by atoms with Gasteiger partial charge in [-0.1, -0.05) is 30.3 Å². The lowest BCUT2D eigenvalue weighted by atomic mass is 10.1. The molecule has 0 aliphatic heterocycles. The van der Waals surface area contributed by atoms with Crippen molar-refractivity contribution in [3.63, 3.8) is 0 Å². The van der Waals surface area contributed by atoms with E-state index in [9.17, 15) is 0 Å². The van der Waals surface area contributed by atoms with Gasteiger partial charge in [0.05, 0.1) is 7.05 Å². The molecular weight excluding hydrogens is 268 g/mol. The Hall–Kier alpha value is -2.61. The third-order valence-electron chi connectivity index (χ3n) is 4.58. The summed E-state index contributed by atoms with van der Waals surface area (Å²) in [4.78, 5) is 0. The third-order valence-corrected chi connectivity index (χ3v) is 4.58. The van der Waals surface area contributed by atoms with E-state index in [-0.39, 0.29) is 0 Å². The first-order valence-corrected chi connectivity index (χ1v) is 7.63. The van der Waals surface area contributed by atoms with Crippen molar-refractivity contribution >= 4 is 21.8 Å². The highest BCUT2D eigenvalue weighted by Gasteiger charge is 2.21. The standard InChI is InChI=1S/C20H19N2/c1-14-8-6-11-17-16-10-4-5-12-18(16)22(20(14)17)19-13-7-9-15(2)21(19)3/h4-13H,1-3H3/q+1.